The van der Waals surface area contributed by atoms with E-state index in [0.717, 1.165) is 17.8 Å². The minimum atomic E-state index is -0.0804. The van der Waals surface area contributed by atoms with Crippen LogP contribution in [0.1, 0.15) is 18.0 Å². The van der Waals surface area contributed by atoms with Crippen molar-refractivity contribution in [2.24, 2.45) is 0 Å². The molecule has 1 atom stereocenters. The summed E-state index contributed by atoms with van der Waals surface area (Å²) in [5, 5.41) is 6.26. The van der Waals surface area contributed by atoms with Crippen LogP contribution >= 0.6 is 0 Å². The maximum Gasteiger partial charge on any atom is 0.326 e. The van der Waals surface area contributed by atoms with Gasteiger partial charge in [0.2, 0.25) is 0 Å². The van der Waals surface area contributed by atoms with Crippen LogP contribution in [0.3, 0.4) is 0 Å². The van der Waals surface area contributed by atoms with Crippen LogP contribution in [0.25, 0.3) is 0 Å². The molecule has 2 aromatic rings. The number of anilines is 2. The number of nitrogens with zero attached hydrogens (tertiary/aromatic N) is 1. The number of carbonyl (C=O) groups excluding carboxylic acids is 1. The highest BCUT2D eigenvalue weighted by Gasteiger charge is 2.27. The molecule has 0 saturated heterocycles. The molecule has 1 unspecified atom stereocenters. The molecular weight excluding hydrogens is 262 g/mol. The zero-order valence-corrected chi connectivity index (χ0v) is 12.0. The Kier molecular flexibility index (Phi) is 3.88. The summed E-state index contributed by atoms with van der Waals surface area (Å²) in [6.45, 7) is 0.710. The maximum atomic E-state index is 12.5. The number of para-hydroxylation sites is 2. The molecule has 0 saturated carbocycles. The monoisotopic (exact) mass is 281 g/mol. The van der Waals surface area contributed by atoms with Crippen molar-refractivity contribution in [3.63, 3.8) is 0 Å². The second-order valence-electron chi connectivity index (χ2n) is 5.14. The first kappa shape index (κ1) is 13.6. The molecule has 2 N–H and O–H groups in total. The highest BCUT2D eigenvalue weighted by Crippen LogP contribution is 2.33. The molecule has 1 aliphatic heterocycles. The van der Waals surface area contributed by atoms with Gasteiger partial charge in [0.05, 0.1) is 5.69 Å². The Morgan fingerprint density at radius 3 is 2.57 bits per heavy atom. The number of rotatable bonds is 2. The second-order valence-corrected chi connectivity index (χ2v) is 5.14. The molecule has 0 radical (unpaired) electrons. The molecule has 4 nitrogen and oxygen atoms in total. The van der Waals surface area contributed by atoms with E-state index in [2.05, 4.69) is 16.7 Å². The summed E-state index contributed by atoms with van der Waals surface area (Å²) in [6.07, 6.45) is 0.912. The third-order valence-electron chi connectivity index (χ3n) is 3.86. The van der Waals surface area contributed by atoms with Gasteiger partial charge in [0.1, 0.15) is 0 Å². The van der Waals surface area contributed by atoms with Crippen molar-refractivity contribution in [2.45, 2.75) is 12.5 Å². The molecule has 0 spiro atoms. The third kappa shape index (κ3) is 2.76. The number of hydrogen-bond donors (Lipinski definition) is 2. The van der Waals surface area contributed by atoms with Crippen LogP contribution in [-0.4, -0.2) is 19.6 Å². The summed E-state index contributed by atoms with van der Waals surface area (Å²) in [6, 6.07) is 17.8. The molecule has 3 rings (SSSR count). The number of urea groups is 1. The van der Waals surface area contributed by atoms with Crippen LogP contribution in [-0.2, 0) is 0 Å². The summed E-state index contributed by atoms with van der Waals surface area (Å²) in [4.78, 5) is 14.3. The summed E-state index contributed by atoms with van der Waals surface area (Å²) in [7, 11) is 1.96. The van der Waals surface area contributed by atoms with Gasteiger partial charge in [0.15, 0.2) is 0 Å². The molecule has 0 aromatic heterocycles. The van der Waals surface area contributed by atoms with Crippen molar-refractivity contribution >= 4 is 17.4 Å². The van der Waals surface area contributed by atoms with Crippen LogP contribution < -0.4 is 15.5 Å². The lowest BCUT2D eigenvalue weighted by molar-refractivity contribution is 0.256. The van der Waals surface area contributed by atoms with E-state index in [9.17, 15) is 4.79 Å². The fourth-order valence-electron chi connectivity index (χ4n) is 2.79. The summed E-state index contributed by atoms with van der Waals surface area (Å²) >= 11 is 0. The maximum absolute atomic E-state index is 12.5. The van der Waals surface area contributed by atoms with Gasteiger partial charge in [0.25, 0.3) is 0 Å². The van der Waals surface area contributed by atoms with Crippen molar-refractivity contribution < 1.29 is 4.79 Å². The third-order valence-corrected chi connectivity index (χ3v) is 3.86. The zero-order valence-electron chi connectivity index (χ0n) is 12.0. The highest BCUT2D eigenvalue weighted by molar-refractivity contribution is 6.02. The van der Waals surface area contributed by atoms with Crippen LogP contribution in [0.5, 0.6) is 0 Å². The second kappa shape index (κ2) is 5.97. The SMILES string of the molecule is CNC1CCN(C(=O)Nc2ccccc2)c2ccccc21. The Labute approximate surface area is 124 Å². The van der Waals surface area contributed by atoms with E-state index < -0.39 is 0 Å². The van der Waals surface area contributed by atoms with Crippen molar-refractivity contribution in [1.82, 2.24) is 5.32 Å². The lowest BCUT2D eigenvalue weighted by Gasteiger charge is -2.34. The smallest absolute Gasteiger partial charge is 0.313 e. The van der Waals surface area contributed by atoms with E-state index in [1.54, 1.807) is 0 Å². The molecule has 0 bridgehead atoms. The molecule has 2 amide bonds. The van der Waals surface area contributed by atoms with Crippen LogP contribution in [0.2, 0.25) is 0 Å². The fraction of sp³-hybridized carbons (Fsp3) is 0.235. The highest BCUT2D eigenvalue weighted by atomic mass is 16.2. The van der Waals surface area contributed by atoms with E-state index in [1.807, 2.05) is 60.5 Å². The molecule has 1 aliphatic rings. The first-order valence-corrected chi connectivity index (χ1v) is 7.19. The predicted octanol–water partition coefficient (Wildman–Crippen LogP) is 3.39. The topological polar surface area (TPSA) is 44.4 Å². The van der Waals surface area contributed by atoms with Crippen LogP contribution in [0.15, 0.2) is 54.6 Å². The number of amides is 2. The summed E-state index contributed by atoms with van der Waals surface area (Å²) in [5.74, 6) is 0. The van der Waals surface area contributed by atoms with Gasteiger partial charge in [-0.2, -0.15) is 0 Å². The lowest BCUT2D eigenvalue weighted by Crippen LogP contribution is -2.41. The van der Waals surface area contributed by atoms with Gasteiger partial charge in [-0.3, -0.25) is 4.90 Å². The van der Waals surface area contributed by atoms with Gasteiger partial charge >= 0.3 is 6.03 Å². The summed E-state index contributed by atoms with van der Waals surface area (Å²) < 4.78 is 0. The number of carbonyl (C=O) groups is 1. The average Bonchev–Trinajstić information content (AvgIpc) is 2.54. The van der Waals surface area contributed by atoms with E-state index >= 15 is 0 Å². The normalized spacial score (nSPS) is 17.2. The molecule has 1 heterocycles. The fourth-order valence-corrected chi connectivity index (χ4v) is 2.79. The Hall–Kier alpha value is -2.33. The average molecular weight is 281 g/mol. The Balaban J connectivity index is 1.84. The van der Waals surface area contributed by atoms with E-state index in [4.69, 9.17) is 0 Å². The number of fused-ring (bicyclic) bond motifs is 1. The largest absolute Gasteiger partial charge is 0.326 e. The minimum Gasteiger partial charge on any atom is -0.313 e. The first-order valence-electron chi connectivity index (χ1n) is 7.19. The van der Waals surface area contributed by atoms with Gasteiger partial charge in [-0.15, -0.1) is 0 Å². The van der Waals surface area contributed by atoms with Crippen molar-refractivity contribution in [2.75, 3.05) is 23.8 Å². The van der Waals surface area contributed by atoms with E-state index in [-0.39, 0.29) is 6.03 Å². The quantitative estimate of drug-likeness (QED) is 0.886. The van der Waals surface area contributed by atoms with Crippen LogP contribution in [0.4, 0.5) is 16.2 Å². The van der Waals surface area contributed by atoms with Crippen LogP contribution in [0, 0.1) is 0 Å². The summed E-state index contributed by atoms with van der Waals surface area (Å²) in [5.41, 5.74) is 2.97. The first-order chi connectivity index (χ1) is 10.3. The van der Waals surface area contributed by atoms with Gasteiger partial charge in [0, 0.05) is 18.3 Å². The van der Waals surface area contributed by atoms with Crippen molar-refractivity contribution in [3.05, 3.63) is 60.2 Å². The molecule has 0 aliphatic carbocycles. The molecule has 4 heteroatoms. The lowest BCUT2D eigenvalue weighted by atomic mass is 9.97. The Morgan fingerprint density at radius 2 is 1.81 bits per heavy atom. The number of benzene rings is 2. The molecule has 2 aromatic carbocycles. The van der Waals surface area contributed by atoms with Crippen molar-refractivity contribution in [1.29, 1.82) is 0 Å². The van der Waals surface area contributed by atoms with E-state index in [1.165, 1.54) is 5.56 Å². The molecular formula is C17H19N3O. The van der Waals surface area contributed by atoms with Crippen molar-refractivity contribution in [3.8, 4) is 0 Å². The van der Waals surface area contributed by atoms with Gasteiger partial charge in [-0.1, -0.05) is 36.4 Å². The Morgan fingerprint density at radius 1 is 1.10 bits per heavy atom. The predicted molar refractivity (Wildman–Crippen MR) is 85.7 cm³/mol. The minimum absolute atomic E-state index is 0.0804. The number of hydrogen-bond acceptors (Lipinski definition) is 2. The molecule has 21 heavy (non-hydrogen) atoms. The molecule has 108 valence electrons. The number of nitrogens with one attached hydrogen (secondary N) is 2. The molecule has 0 fully saturated rings. The zero-order chi connectivity index (χ0) is 14.7. The van der Waals surface area contributed by atoms with Gasteiger partial charge in [-0.05, 0) is 37.2 Å². The Bertz CT molecular complexity index is 627. The standard InChI is InChI=1S/C17H19N3O/c1-18-15-11-12-20(16-10-6-5-9-14(15)16)17(21)19-13-7-3-2-4-8-13/h2-10,15,18H,11-12H2,1H3,(H,19,21). The van der Waals surface area contributed by atoms with E-state index in [0.29, 0.717) is 12.6 Å². The van der Waals surface area contributed by atoms with Gasteiger partial charge in [-0.25, -0.2) is 4.79 Å². The van der Waals surface area contributed by atoms with Gasteiger partial charge < -0.3 is 10.6 Å².